The number of benzene rings is 1. The summed E-state index contributed by atoms with van der Waals surface area (Å²) in [7, 11) is 0. The van der Waals surface area contributed by atoms with Crippen molar-refractivity contribution < 1.29 is 23.5 Å². The van der Waals surface area contributed by atoms with Gasteiger partial charge in [0.1, 0.15) is 11.6 Å². The number of carbonyl (C=O) groups excluding carboxylic acids is 2. The van der Waals surface area contributed by atoms with Crippen LogP contribution in [0.25, 0.3) is 0 Å². The Hall–Kier alpha value is -2.80. The Balaban J connectivity index is 1.61. The van der Waals surface area contributed by atoms with Gasteiger partial charge < -0.3 is 14.4 Å². The molecule has 0 aliphatic carbocycles. The van der Waals surface area contributed by atoms with E-state index in [0.717, 1.165) is 18.9 Å². The van der Waals surface area contributed by atoms with Crippen LogP contribution in [0.2, 0.25) is 0 Å². The molecule has 1 aliphatic rings. The summed E-state index contributed by atoms with van der Waals surface area (Å²) in [5, 5.41) is 0. The summed E-state index contributed by atoms with van der Waals surface area (Å²) in [6, 6.07) is 8.47. The minimum absolute atomic E-state index is 0.265. The molecule has 1 aliphatic heterocycles. The normalized spacial score (nSPS) is 15.4. The zero-order valence-electron chi connectivity index (χ0n) is 14.4. The molecule has 6 nitrogen and oxygen atoms in total. The highest BCUT2D eigenvalue weighted by Gasteiger charge is 2.21. The molecule has 1 aromatic carbocycles. The van der Waals surface area contributed by atoms with Crippen LogP contribution in [-0.2, 0) is 9.47 Å². The minimum atomic E-state index is -0.980. The summed E-state index contributed by atoms with van der Waals surface area (Å²) in [5.41, 5.74) is 0.549. The predicted molar refractivity (Wildman–Crippen MR) is 92.9 cm³/mol. The Kier molecular flexibility index (Phi) is 5.58. The van der Waals surface area contributed by atoms with E-state index in [1.807, 2.05) is 0 Å². The average molecular weight is 358 g/mol. The number of Topliss-reactive ketones (excluding diaryl/α,β-unsaturated/α-hetero) is 1. The van der Waals surface area contributed by atoms with Crippen LogP contribution in [0.4, 0.5) is 10.2 Å². The van der Waals surface area contributed by atoms with E-state index in [2.05, 4.69) is 9.88 Å². The Bertz CT molecular complexity index is 771. The van der Waals surface area contributed by atoms with Gasteiger partial charge in [-0.15, -0.1) is 0 Å². The molecule has 0 saturated carbocycles. The van der Waals surface area contributed by atoms with Crippen LogP contribution in [-0.4, -0.2) is 49.1 Å². The molecule has 1 unspecified atom stereocenters. The molecular formula is C19H19FN2O4. The maximum Gasteiger partial charge on any atom is 0.340 e. The van der Waals surface area contributed by atoms with Crippen LogP contribution in [0.5, 0.6) is 0 Å². The lowest BCUT2D eigenvalue weighted by Crippen LogP contribution is -2.36. The number of pyridine rings is 1. The van der Waals surface area contributed by atoms with Crippen molar-refractivity contribution in [1.82, 2.24) is 4.98 Å². The van der Waals surface area contributed by atoms with E-state index >= 15 is 0 Å². The highest BCUT2D eigenvalue weighted by molar-refractivity contribution is 6.01. The Labute approximate surface area is 150 Å². The highest BCUT2D eigenvalue weighted by Crippen LogP contribution is 2.15. The van der Waals surface area contributed by atoms with Gasteiger partial charge in [-0.3, -0.25) is 4.79 Å². The van der Waals surface area contributed by atoms with Gasteiger partial charge in [-0.25, -0.2) is 14.2 Å². The van der Waals surface area contributed by atoms with Crippen molar-refractivity contribution in [2.45, 2.75) is 13.0 Å². The number of anilines is 1. The van der Waals surface area contributed by atoms with E-state index in [1.54, 1.807) is 12.1 Å². The number of carbonyl (C=O) groups is 2. The summed E-state index contributed by atoms with van der Waals surface area (Å²) in [5.74, 6) is -0.692. The monoisotopic (exact) mass is 358 g/mol. The Morgan fingerprint density at radius 3 is 2.38 bits per heavy atom. The van der Waals surface area contributed by atoms with Crippen molar-refractivity contribution >= 4 is 17.6 Å². The molecule has 1 saturated heterocycles. The smallest absolute Gasteiger partial charge is 0.340 e. The number of esters is 1. The fraction of sp³-hybridized carbons (Fsp3) is 0.316. The van der Waals surface area contributed by atoms with Crippen LogP contribution >= 0.6 is 0 Å². The van der Waals surface area contributed by atoms with Crippen LogP contribution in [0.1, 0.15) is 27.6 Å². The maximum absolute atomic E-state index is 12.9. The SMILES string of the molecule is CC(OC(=O)c1ccc(N2CCOCC2)nc1)C(=O)c1ccc(F)cc1. The minimum Gasteiger partial charge on any atom is -0.451 e. The first kappa shape index (κ1) is 18.0. The first-order chi connectivity index (χ1) is 12.5. The summed E-state index contributed by atoms with van der Waals surface area (Å²) < 4.78 is 23.4. The van der Waals surface area contributed by atoms with Gasteiger partial charge in [-0.1, -0.05) is 0 Å². The number of halogens is 1. The molecule has 0 N–H and O–H groups in total. The van der Waals surface area contributed by atoms with E-state index in [0.29, 0.717) is 13.2 Å². The van der Waals surface area contributed by atoms with Gasteiger partial charge in [0.15, 0.2) is 6.10 Å². The summed E-state index contributed by atoms with van der Waals surface area (Å²) in [4.78, 5) is 30.8. The first-order valence-electron chi connectivity index (χ1n) is 8.34. The number of ether oxygens (including phenoxy) is 2. The van der Waals surface area contributed by atoms with E-state index in [1.165, 1.54) is 37.4 Å². The van der Waals surface area contributed by atoms with Gasteiger partial charge in [0, 0.05) is 24.8 Å². The molecule has 2 heterocycles. The molecule has 136 valence electrons. The zero-order chi connectivity index (χ0) is 18.5. The van der Waals surface area contributed by atoms with Gasteiger partial charge in [0.05, 0.1) is 18.8 Å². The standard InChI is InChI=1S/C19H19FN2O4/c1-13(18(23)14-2-5-16(20)6-3-14)26-19(24)15-4-7-17(21-12-15)22-8-10-25-11-9-22/h2-7,12-13H,8-11H2,1H3. The van der Waals surface area contributed by atoms with Gasteiger partial charge in [-0.05, 0) is 43.3 Å². The molecule has 0 amide bonds. The van der Waals surface area contributed by atoms with Gasteiger partial charge in [0.25, 0.3) is 0 Å². The lowest BCUT2D eigenvalue weighted by Gasteiger charge is -2.27. The maximum atomic E-state index is 12.9. The highest BCUT2D eigenvalue weighted by atomic mass is 19.1. The van der Waals surface area contributed by atoms with Gasteiger partial charge in [-0.2, -0.15) is 0 Å². The van der Waals surface area contributed by atoms with E-state index < -0.39 is 23.7 Å². The topological polar surface area (TPSA) is 68.7 Å². The third-order valence-corrected chi connectivity index (χ3v) is 4.10. The Morgan fingerprint density at radius 1 is 1.12 bits per heavy atom. The van der Waals surface area contributed by atoms with Crippen molar-refractivity contribution in [3.63, 3.8) is 0 Å². The van der Waals surface area contributed by atoms with Crippen molar-refractivity contribution in [2.75, 3.05) is 31.2 Å². The zero-order valence-corrected chi connectivity index (χ0v) is 14.4. The third-order valence-electron chi connectivity index (χ3n) is 4.10. The fourth-order valence-electron chi connectivity index (χ4n) is 2.62. The number of nitrogens with zero attached hydrogens (tertiary/aromatic N) is 2. The molecule has 0 bridgehead atoms. The molecule has 0 spiro atoms. The van der Waals surface area contributed by atoms with Crippen molar-refractivity contribution in [1.29, 1.82) is 0 Å². The number of hydrogen-bond acceptors (Lipinski definition) is 6. The average Bonchev–Trinajstić information content (AvgIpc) is 2.68. The van der Waals surface area contributed by atoms with E-state index in [-0.39, 0.29) is 11.1 Å². The van der Waals surface area contributed by atoms with Gasteiger partial charge in [0.2, 0.25) is 5.78 Å². The molecule has 1 fully saturated rings. The molecule has 1 atom stereocenters. The van der Waals surface area contributed by atoms with Crippen molar-refractivity contribution in [3.8, 4) is 0 Å². The Morgan fingerprint density at radius 2 is 1.77 bits per heavy atom. The molecule has 26 heavy (non-hydrogen) atoms. The number of ketones is 1. The lowest BCUT2D eigenvalue weighted by atomic mass is 10.1. The third kappa shape index (κ3) is 4.23. The molecule has 2 aromatic rings. The summed E-state index contributed by atoms with van der Waals surface area (Å²) >= 11 is 0. The first-order valence-corrected chi connectivity index (χ1v) is 8.34. The predicted octanol–water partition coefficient (Wildman–Crippen LogP) is 2.49. The number of morpholine rings is 1. The van der Waals surface area contributed by atoms with Crippen molar-refractivity contribution in [3.05, 3.63) is 59.5 Å². The second kappa shape index (κ2) is 8.05. The molecule has 0 radical (unpaired) electrons. The van der Waals surface area contributed by atoms with Crippen LogP contribution in [0.15, 0.2) is 42.6 Å². The quantitative estimate of drug-likeness (QED) is 0.604. The van der Waals surface area contributed by atoms with Crippen LogP contribution in [0.3, 0.4) is 0 Å². The second-order valence-corrected chi connectivity index (χ2v) is 5.92. The van der Waals surface area contributed by atoms with E-state index in [4.69, 9.17) is 9.47 Å². The van der Waals surface area contributed by atoms with Crippen molar-refractivity contribution in [2.24, 2.45) is 0 Å². The second-order valence-electron chi connectivity index (χ2n) is 5.92. The summed E-state index contributed by atoms with van der Waals surface area (Å²) in [6.45, 7) is 4.28. The van der Waals surface area contributed by atoms with E-state index in [9.17, 15) is 14.0 Å². The number of rotatable bonds is 5. The van der Waals surface area contributed by atoms with Gasteiger partial charge >= 0.3 is 5.97 Å². The molecule has 7 heteroatoms. The van der Waals surface area contributed by atoms with Crippen LogP contribution in [0, 0.1) is 5.82 Å². The summed E-state index contributed by atoms with van der Waals surface area (Å²) in [6.07, 6.45) is 0.453. The number of hydrogen-bond donors (Lipinski definition) is 0. The largest absolute Gasteiger partial charge is 0.451 e. The molecule has 3 rings (SSSR count). The van der Waals surface area contributed by atoms with Crippen LogP contribution < -0.4 is 4.90 Å². The number of aromatic nitrogens is 1. The lowest BCUT2D eigenvalue weighted by molar-refractivity contribution is 0.0318. The molecular weight excluding hydrogens is 339 g/mol. The molecule has 1 aromatic heterocycles. The fourth-order valence-corrected chi connectivity index (χ4v) is 2.62.